The minimum absolute atomic E-state index is 0.507. The van der Waals surface area contributed by atoms with E-state index in [0.29, 0.717) is 29.6 Å². The molecule has 0 aliphatic carbocycles. The van der Waals surface area contributed by atoms with E-state index in [1.807, 2.05) is 0 Å². The summed E-state index contributed by atoms with van der Waals surface area (Å²) in [6.07, 6.45) is 2.08. The summed E-state index contributed by atoms with van der Waals surface area (Å²) in [6.45, 7) is 8.90. The first-order valence-corrected chi connectivity index (χ1v) is 7.20. The fourth-order valence-corrected chi connectivity index (χ4v) is 1.43. The molecule has 1 rings (SSSR count). The van der Waals surface area contributed by atoms with Crippen molar-refractivity contribution in [2.75, 3.05) is 24.7 Å². The molecule has 1 aromatic heterocycles. The van der Waals surface area contributed by atoms with Crippen molar-refractivity contribution in [1.29, 1.82) is 0 Å². The SMILES string of the molecule is CSC(C)CNc1nnc(CNCC(C)C)o1. The number of rotatable bonds is 8. The second kappa shape index (κ2) is 7.55. The number of thioether (sulfide) groups is 1. The van der Waals surface area contributed by atoms with Gasteiger partial charge >= 0.3 is 6.01 Å². The lowest BCUT2D eigenvalue weighted by Crippen LogP contribution is -2.19. The third-order valence-electron chi connectivity index (χ3n) is 2.24. The van der Waals surface area contributed by atoms with Gasteiger partial charge in [-0.1, -0.05) is 25.9 Å². The Morgan fingerprint density at radius 1 is 1.24 bits per heavy atom. The summed E-state index contributed by atoms with van der Waals surface area (Å²) in [6, 6.07) is 0.507. The van der Waals surface area contributed by atoms with Gasteiger partial charge in [-0.05, 0) is 18.7 Å². The summed E-state index contributed by atoms with van der Waals surface area (Å²) in [7, 11) is 0. The standard InChI is InChI=1S/C11H22N4OS/c1-8(2)5-12-7-10-14-15-11(16-10)13-6-9(3)17-4/h8-9,12H,5-7H2,1-4H3,(H,13,15). The Kier molecular flexibility index (Phi) is 6.36. The highest BCUT2D eigenvalue weighted by Gasteiger charge is 2.06. The second-order valence-corrected chi connectivity index (χ2v) is 5.73. The molecule has 1 atom stereocenters. The molecule has 6 heteroatoms. The lowest BCUT2D eigenvalue weighted by molar-refractivity contribution is 0.458. The molecule has 0 aliphatic rings. The molecule has 0 radical (unpaired) electrons. The molecule has 0 saturated carbocycles. The molecular weight excluding hydrogens is 236 g/mol. The van der Waals surface area contributed by atoms with Crippen LogP contribution in [0.2, 0.25) is 0 Å². The van der Waals surface area contributed by atoms with Crippen molar-refractivity contribution in [1.82, 2.24) is 15.5 Å². The van der Waals surface area contributed by atoms with Crippen LogP contribution in [0.25, 0.3) is 0 Å². The molecule has 0 spiro atoms. The van der Waals surface area contributed by atoms with Crippen molar-refractivity contribution in [3.8, 4) is 0 Å². The Balaban J connectivity index is 2.27. The van der Waals surface area contributed by atoms with Crippen LogP contribution in [0.5, 0.6) is 0 Å². The number of nitrogens with zero attached hydrogens (tertiary/aromatic N) is 2. The molecule has 0 aliphatic heterocycles. The Bertz CT molecular complexity index is 316. The molecule has 1 aromatic rings. The van der Waals surface area contributed by atoms with Gasteiger partial charge in [0.25, 0.3) is 0 Å². The predicted octanol–water partition coefficient (Wildman–Crippen LogP) is 1.98. The molecule has 0 fully saturated rings. The lowest BCUT2D eigenvalue weighted by Gasteiger charge is -2.06. The van der Waals surface area contributed by atoms with Crippen LogP contribution in [0.4, 0.5) is 6.01 Å². The van der Waals surface area contributed by atoms with E-state index in [-0.39, 0.29) is 0 Å². The van der Waals surface area contributed by atoms with E-state index in [4.69, 9.17) is 4.42 Å². The van der Waals surface area contributed by atoms with Crippen molar-refractivity contribution in [2.24, 2.45) is 5.92 Å². The highest BCUT2D eigenvalue weighted by molar-refractivity contribution is 7.99. The number of nitrogens with one attached hydrogen (secondary N) is 2. The van der Waals surface area contributed by atoms with E-state index >= 15 is 0 Å². The summed E-state index contributed by atoms with van der Waals surface area (Å²) >= 11 is 1.80. The van der Waals surface area contributed by atoms with Gasteiger partial charge in [0.1, 0.15) is 0 Å². The predicted molar refractivity (Wildman–Crippen MR) is 72.3 cm³/mol. The molecule has 2 N–H and O–H groups in total. The molecule has 1 heterocycles. The van der Waals surface area contributed by atoms with Gasteiger partial charge in [-0.15, -0.1) is 5.10 Å². The van der Waals surface area contributed by atoms with E-state index in [1.54, 1.807) is 11.8 Å². The van der Waals surface area contributed by atoms with Gasteiger partial charge in [0.15, 0.2) is 0 Å². The van der Waals surface area contributed by atoms with Crippen LogP contribution in [0.3, 0.4) is 0 Å². The number of hydrogen-bond donors (Lipinski definition) is 2. The van der Waals surface area contributed by atoms with Gasteiger partial charge in [0.05, 0.1) is 6.54 Å². The molecule has 0 amide bonds. The van der Waals surface area contributed by atoms with Crippen LogP contribution in [0, 0.1) is 5.92 Å². The van der Waals surface area contributed by atoms with Crippen molar-refractivity contribution < 1.29 is 4.42 Å². The van der Waals surface area contributed by atoms with E-state index < -0.39 is 0 Å². The molecule has 17 heavy (non-hydrogen) atoms. The van der Waals surface area contributed by atoms with Crippen LogP contribution in [-0.2, 0) is 6.54 Å². The van der Waals surface area contributed by atoms with Gasteiger partial charge in [0.2, 0.25) is 5.89 Å². The zero-order valence-electron chi connectivity index (χ0n) is 11.0. The van der Waals surface area contributed by atoms with E-state index in [1.165, 1.54) is 0 Å². The zero-order chi connectivity index (χ0) is 12.7. The quantitative estimate of drug-likeness (QED) is 0.743. The Morgan fingerprint density at radius 2 is 2.00 bits per heavy atom. The van der Waals surface area contributed by atoms with E-state index in [0.717, 1.165) is 13.1 Å². The first kappa shape index (κ1) is 14.3. The lowest BCUT2D eigenvalue weighted by atomic mass is 10.2. The highest BCUT2D eigenvalue weighted by atomic mass is 32.2. The summed E-state index contributed by atoms with van der Waals surface area (Å²) in [5.41, 5.74) is 0. The summed E-state index contributed by atoms with van der Waals surface area (Å²) in [4.78, 5) is 0. The number of anilines is 1. The molecule has 0 bridgehead atoms. The van der Waals surface area contributed by atoms with Crippen molar-refractivity contribution >= 4 is 17.8 Å². The van der Waals surface area contributed by atoms with Crippen LogP contribution >= 0.6 is 11.8 Å². The van der Waals surface area contributed by atoms with Gasteiger partial charge in [-0.2, -0.15) is 11.8 Å². The topological polar surface area (TPSA) is 63.0 Å². The number of aromatic nitrogens is 2. The molecular formula is C11H22N4OS. The highest BCUT2D eigenvalue weighted by Crippen LogP contribution is 2.09. The third kappa shape index (κ3) is 5.93. The third-order valence-corrected chi connectivity index (χ3v) is 3.21. The van der Waals surface area contributed by atoms with Gasteiger partial charge < -0.3 is 15.1 Å². The van der Waals surface area contributed by atoms with Gasteiger partial charge in [-0.25, -0.2) is 0 Å². The fraction of sp³-hybridized carbons (Fsp3) is 0.818. The largest absolute Gasteiger partial charge is 0.407 e. The molecule has 0 saturated heterocycles. The zero-order valence-corrected chi connectivity index (χ0v) is 11.8. The monoisotopic (exact) mass is 258 g/mol. The van der Waals surface area contributed by atoms with E-state index in [9.17, 15) is 0 Å². The minimum atomic E-state index is 0.507. The molecule has 1 unspecified atom stereocenters. The average Bonchev–Trinajstić information content (AvgIpc) is 2.73. The Morgan fingerprint density at radius 3 is 2.65 bits per heavy atom. The molecule has 0 aromatic carbocycles. The minimum Gasteiger partial charge on any atom is -0.407 e. The van der Waals surface area contributed by atoms with Crippen LogP contribution in [-0.4, -0.2) is 34.8 Å². The van der Waals surface area contributed by atoms with Crippen LogP contribution < -0.4 is 10.6 Å². The second-order valence-electron chi connectivity index (χ2n) is 4.45. The van der Waals surface area contributed by atoms with Crippen molar-refractivity contribution in [3.05, 3.63) is 5.89 Å². The summed E-state index contributed by atoms with van der Waals surface area (Å²) in [5.74, 6) is 1.25. The van der Waals surface area contributed by atoms with Crippen molar-refractivity contribution in [2.45, 2.75) is 32.6 Å². The maximum atomic E-state index is 5.46. The normalized spacial score (nSPS) is 13.0. The Labute approximate surface area is 107 Å². The van der Waals surface area contributed by atoms with Gasteiger partial charge in [-0.3, -0.25) is 0 Å². The van der Waals surface area contributed by atoms with Crippen LogP contribution in [0.1, 0.15) is 26.7 Å². The first-order valence-electron chi connectivity index (χ1n) is 5.91. The average molecular weight is 258 g/mol. The maximum Gasteiger partial charge on any atom is 0.315 e. The van der Waals surface area contributed by atoms with Crippen molar-refractivity contribution in [3.63, 3.8) is 0 Å². The number of hydrogen-bond acceptors (Lipinski definition) is 6. The first-order chi connectivity index (χ1) is 8.11. The Hall–Kier alpha value is -0.750. The molecule has 5 nitrogen and oxygen atoms in total. The fourth-order valence-electron chi connectivity index (χ4n) is 1.18. The van der Waals surface area contributed by atoms with Gasteiger partial charge in [0, 0.05) is 11.8 Å². The molecule has 98 valence electrons. The summed E-state index contributed by atoms with van der Waals surface area (Å²) < 4.78 is 5.46. The van der Waals surface area contributed by atoms with E-state index in [2.05, 4.69) is 47.9 Å². The smallest absolute Gasteiger partial charge is 0.315 e. The maximum absolute atomic E-state index is 5.46. The summed E-state index contributed by atoms with van der Waals surface area (Å²) in [5, 5.41) is 14.8. The van der Waals surface area contributed by atoms with Crippen LogP contribution in [0.15, 0.2) is 4.42 Å².